The summed E-state index contributed by atoms with van der Waals surface area (Å²) < 4.78 is 62.8. The van der Waals surface area contributed by atoms with E-state index in [0.717, 1.165) is 0 Å². The van der Waals surface area contributed by atoms with Crippen LogP contribution in [0.5, 0.6) is 0 Å². The smallest absolute Gasteiger partial charge is 0.386 e. The van der Waals surface area contributed by atoms with E-state index in [4.69, 9.17) is 33.3 Å². The number of aromatic amines is 1. The molecule has 0 aliphatic carbocycles. The highest BCUT2D eigenvalue weighted by atomic mass is 31.3. The average molecular weight is 470 g/mol. The number of halogens is 2. The monoisotopic (exact) mass is 470 g/mol. The van der Waals surface area contributed by atoms with Gasteiger partial charge in [0.05, 0.1) is 11.6 Å². The normalized spacial score (nSPS) is 32.1. The van der Waals surface area contributed by atoms with Gasteiger partial charge in [-0.1, -0.05) is 0 Å². The van der Waals surface area contributed by atoms with Gasteiger partial charge in [0, 0.05) is 0 Å². The second-order valence-corrected chi connectivity index (χ2v) is 8.67. The summed E-state index contributed by atoms with van der Waals surface area (Å²) in [5.41, 5.74) is -6.35. The summed E-state index contributed by atoms with van der Waals surface area (Å²) in [6.45, 7) is 0. The quantitative estimate of drug-likeness (QED) is 0.174. The predicted molar refractivity (Wildman–Crippen MR) is 90.2 cm³/mol. The molecule has 1 unspecified atom stereocenters. The average Bonchev–Trinajstić information content (AvgIpc) is 2.70. The van der Waals surface area contributed by atoms with E-state index in [1.165, 1.54) is 4.98 Å². The summed E-state index contributed by atoms with van der Waals surface area (Å²) in [7, 11) is 4.15. The molecule has 2 rings (SSSR count). The van der Waals surface area contributed by atoms with Crippen LogP contribution in [0.2, 0.25) is 0 Å². The maximum absolute atomic E-state index is 15.3. The number of hydrogen-bond donors (Lipinski definition) is 6. The summed E-state index contributed by atoms with van der Waals surface area (Å²) in [4.78, 5) is 50.7. The van der Waals surface area contributed by atoms with Crippen LogP contribution in [0.1, 0.15) is 0 Å². The lowest BCUT2D eigenvalue weighted by Crippen LogP contribution is -2.60. The first-order chi connectivity index (χ1) is 13.3. The Kier molecular flexibility index (Phi) is 6.27. The molecule has 6 radical (unpaired) electrons. The first-order valence-corrected chi connectivity index (χ1v) is 10.2. The zero-order chi connectivity index (χ0) is 23.5. The van der Waals surface area contributed by atoms with Gasteiger partial charge in [-0.2, -0.15) is 8.70 Å². The summed E-state index contributed by atoms with van der Waals surface area (Å²) in [6.07, 6.45) is -5.65. The number of rotatable bonds is 6. The van der Waals surface area contributed by atoms with E-state index < -0.39 is 61.8 Å². The van der Waals surface area contributed by atoms with Gasteiger partial charge in [0.15, 0.2) is 0 Å². The van der Waals surface area contributed by atoms with Crippen molar-refractivity contribution >= 4 is 39.2 Å². The maximum Gasteiger partial charge on any atom is 0.480 e. The molecule has 6 N–H and O–H groups in total. The largest absolute Gasteiger partial charge is 0.480 e. The topological polar surface area (TPSA) is 218 Å². The lowest BCUT2D eigenvalue weighted by Gasteiger charge is -2.41. The molecule has 0 spiro atoms. The summed E-state index contributed by atoms with van der Waals surface area (Å²) in [6, 6.07) is 0. The van der Waals surface area contributed by atoms with Crippen LogP contribution >= 0.6 is 15.6 Å². The van der Waals surface area contributed by atoms with Crippen molar-refractivity contribution in [3.8, 4) is 0 Å². The highest BCUT2D eigenvalue weighted by Crippen LogP contribution is 2.61. The van der Waals surface area contributed by atoms with Crippen molar-refractivity contribution in [1.29, 1.82) is 0 Å². The number of aliphatic hydroxyl groups excluding tert-OH is 2. The number of phosphoric acid groups is 2. The standard InChI is InChI=1S/C9H9B3F2N2O12P2/c10-8(16-1-2(13)5(19)15-6(16)20)4(18)3(17)7(14,26-8)9(11,12)27-30(24,25)28-29(21,22)23/h1,3-4,17-18H,(H,24,25)(H,15,19,20)(H2,21,22,23)/t3-,4+,7-,8-/m0/s1. The van der Waals surface area contributed by atoms with Crippen LogP contribution in [-0.2, 0) is 28.3 Å². The van der Waals surface area contributed by atoms with Gasteiger partial charge in [-0.3, -0.25) is 18.9 Å². The fraction of sp³-hybridized carbons (Fsp3) is 0.556. The van der Waals surface area contributed by atoms with Gasteiger partial charge < -0.3 is 29.6 Å². The summed E-state index contributed by atoms with van der Waals surface area (Å²) in [5.74, 6) is -5.87. The first kappa shape index (κ1) is 25.1. The molecule has 30 heavy (non-hydrogen) atoms. The molecule has 0 saturated carbocycles. The number of aliphatic hydroxyl groups is 2. The Morgan fingerprint density at radius 1 is 1.23 bits per heavy atom. The second kappa shape index (κ2) is 7.48. The SMILES string of the molecule is [B]C([B])(OP(=O)(O)OP(=O)(O)O)[C@@]1(F)O[C@@]([B])(n2cc(F)c(=O)[nH]c2=O)[C@H](O)[C@@H]1O. The zero-order valence-corrected chi connectivity index (χ0v) is 15.9. The molecular formula is C9H9B3F2N2O12P2. The lowest BCUT2D eigenvalue weighted by molar-refractivity contribution is -0.240. The Morgan fingerprint density at radius 3 is 2.27 bits per heavy atom. The van der Waals surface area contributed by atoms with E-state index in [0.29, 0.717) is 0 Å². The Balaban J connectivity index is 2.51. The minimum Gasteiger partial charge on any atom is -0.386 e. The van der Waals surface area contributed by atoms with Gasteiger partial charge >= 0.3 is 21.3 Å². The number of alkyl halides is 1. The van der Waals surface area contributed by atoms with Crippen LogP contribution in [0.25, 0.3) is 0 Å². The molecule has 0 bridgehead atoms. The van der Waals surface area contributed by atoms with Crippen molar-refractivity contribution in [2.45, 2.75) is 29.1 Å². The van der Waals surface area contributed by atoms with Crippen molar-refractivity contribution in [3.63, 3.8) is 0 Å². The van der Waals surface area contributed by atoms with Crippen LogP contribution in [0.4, 0.5) is 8.78 Å². The molecule has 1 saturated heterocycles. The summed E-state index contributed by atoms with van der Waals surface area (Å²) in [5, 5.41) is 16.2. The Bertz CT molecular complexity index is 1060. The van der Waals surface area contributed by atoms with E-state index in [1.807, 2.05) is 0 Å². The Morgan fingerprint density at radius 2 is 1.77 bits per heavy atom. The maximum atomic E-state index is 15.3. The van der Waals surface area contributed by atoms with E-state index >= 15 is 4.39 Å². The fourth-order valence-electron chi connectivity index (χ4n) is 2.40. The van der Waals surface area contributed by atoms with Gasteiger partial charge in [0.1, 0.15) is 41.4 Å². The number of hydrogen-bond acceptors (Lipinski definition) is 9. The lowest BCUT2D eigenvalue weighted by atomic mass is 9.59. The molecule has 5 atom stereocenters. The minimum absolute atomic E-state index is 0.0618. The Labute approximate surface area is 167 Å². The van der Waals surface area contributed by atoms with E-state index in [9.17, 15) is 38.2 Å². The molecule has 1 aliphatic rings. The number of nitrogens with one attached hydrogen (secondary N) is 1. The third-order valence-electron chi connectivity index (χ3n) is 3.70. The number of H-pyrrole nitrogens is 1. The third kappa shape index (κ3) is 4.41. The van der Waals surface area contributed by atoms with E-state index in [2.05, 4.69) is 13.6 Å². The number of ether oxygens (including phenoxy) is 1. The molecule has 21 heteroatoms. The van der Waals surface area contributed by atoms with Crippen LogP contribution in [0.15, 0.2) is 15.8 Å². The van der Waals surface area contributed by atoms with Crippen molar-refractivity contribution in [2.75, 3.05) is 0 Å². The number of aromatic nitrogens is 2. The van der Waals surface area contributed by atoms with Crippen molar-refractivity contribution in [3.05, 3.63) is 32.9 Å². The minimum atomic E-state index is -5.96. The highest BCUT2D eigenvalue weighted by Gasteiger charge is 2.68. The van der Waals surface area contributed by atoms with Gasteiger partial charge in [0.2, 0.25) is 5.82 Å². The second-order valence-electron chi connectivity index (χ2n) is 5.92. The van der Waals surface area contributed by atoms with Gasteiger partial charge in [-0.15, -0.1) is 0 Å². The Hall–Kier alpha value is -1.13. The van der Waals surface area contributed by atoms with Crippen LogP contribution in [0, 0.1) is 5.82 Å². The third-order valence-corrected chi connectivity index (χ3v) is 5.91. The van der Waals surface area contributed by atoms with Crippen LogP contribution < -0.4 is 11.2 Å². The highest BCUT2D eigenvalue weighted by molar-refractivity contribution is 7.60. The van der Waals surface area contributed by atoms with Crippen LogP contribution in [-0.4, -0.2) is 81.4 Å². The molecular weight excluding hydrogens is 460 g/mol. The molecule has 0 amide bonds. The molecule has 14 nitrogen and oxygen atoms in total. The predicted octanol–water partition coefficient (Wildman–Crippen LogP) is -3.91. The first-order valence-electron chi connectivity index (χ1n) is 7.20. The van der Waals surface area contributed by atoms with Gasteiger partial charge in [0.25, 0.3) is 11.4 Å². The zero-order valence-electron chi connectivity index (χ0n) is 14.2. The van der Waals surface area contributed by atoms with Gasteiger partial charge in [-0.25, -0.2) is 18.3 Å². The molecule has 2 heterocycles. The van der Waals surface area contributed by atoms with E-state index in [-0.39, 0.29) is 10.8 Å². The molecule has 1 aromatic rings. The fourth-order valence-corrected chi connectivity index (χ4v) is 4.12. The molecule has 0 aromatic carbocycles. The number of phosphoric ester groups is 1. The molecule has 1 aliphatic heterocycles. The molecule has 160 valence electrons. The van der Waals surface area contributed by atoms with Crippen molar-refractivity contribution < 1.29 is 56.4 Å². The summed E-state index contributed by atoms with van der Waals surface area (Å²) >= 11 is 0. The van der Waals surface area contributed by atoms with Crippen LogP contribution in [0.3, 0.4) is 0 Å². The van der Waals surface area contributed by atoms with E-state index in [1.54, 1.807) is 0 Å². The molecule has 1 aromatic heterocycles. The number of nitrogens with zero attached hydrogens (tertiary/aromatic N) is 1. The van der Waals surface area contributed by atoms with Crippen molar-refractivity contribution in [2.24, 2.45) is 0 Å². The van der Waals surface area contributed by atoms with Crippen molar-refractivity contribution in [1.82, 2.24) is 9.55 Å². The molecule has 1 fully saturated rings. The van der Waals surface area contributed by atoms with Gasteiger partial charge in [-0.05, 0) is 0 Å².